The van der Waals surface area contributed by atoms with E-state index in [1.54, 1.807) is 12.1 Å². The molecule has 0 aromatic heterocycles. The van der Waals surface area contributed by atoms with Gasteiger partial charge in [-0.05, 0) is 12.1 Å². The maximum Gasteiger partial charge on any atom is 0.300 e. The number of benzene rings is 2. The van der Waals surface area contributed by atoms with Crippen molar-refractivity contribution < 1.29 is 19.0 Å². The minimum atomic E-state index is -0.428. The highest BCUT2D eigenvalue weighted by Crippen LogP contribution is 2.39. The molecule has 0 saturated heterocycles. The standard InChI is InChI=1S/C18H17NO4/c1-21-15-11-14(12-16(22-2)18(15)23-3)19-17(20)10-9-13-7-5-4-6-8-13/h4-8,11-12H,1-3H3,(H,19,20). The number of amides is 1. The summed E-state index contributed by atoms with van der Waals surface area (Å²) in [6.07, 6.45) is 0. The van der Waals surface area contributed by atoms with Gasteiger partial charge in [0.1, 0.15) is 0 Å². The van der Waals surface area contributed by atoms with Crippen LogP contribution in [0.2, 0.25) is 0 Å². The van der Waals surface area contributed by atoms with E-state index in [2.05, 4.69) is 17.2 Å². The summed E-state index contributed by atoms with van der Waals surface area (Å²) >= 11 is 0. The monoisotopic (exact) mass is 311 g/mol. The van der Waals surface area contributed by atoms with Crippen LogP contribution in [-0.4, -0.2) is 27.2 Å². The highest BCUT2D eigenvalue weighted by atomic mass is 16.5. The summed E-state index contributed by atoms with van der Waals surface area (Å²) in [4.78, 5) is 11.9. The first-order valence-electron chi connectivity index (χ1n) is 6.86. The predicted molar refractivity (Wildman–Crippen MR) is 88.0 cm³/mol. The SMILES string of the molecule is COc1cc(NC(=O)C#Cc2ccccc2)cc(OC)c1OC. The molecule has 0 saturated carbocycles. The first-order chi connectivity index (χ1) is 11.2. The third-order valence-electron chi connectivity index (χ3n) is 3.02. The van der Waals surface area contributed by atoms with Crippen LogP contribution in [0.25, 0.3) is 0 Å². The molecule has 0 spiro atoms. The van der Waals surface area contributed by atoms with Crippen LogP contribution in [0.15, 0.2) is 42.5 Å². The number of hydrogen-bond acceptors (Lipinski definition) is 4. The second-order valence-corrected chi connectivity index (χ2v) is 4.48. The van der Waals surface area contributed by atoms with Crippen molar-refractivity contribution >= 4 is 11.6 Å². The van der Waals surface area contributed by atoms with Crippen LogP contribution in [0, 0.1) is 11.8 Å². The second-order valence-electron chi connectivity index (χ2n) is 4.48. The number of nitrogens with one attached hydrogen (secondary N) is 1. The van der Waals surface area contributed by atoms with E-state index in [0.29, 0.717) is 22.9 Å². The fraction of sp³-hybridized carbons (Fsp3) is 0.167. The second kappa shape index (κ2) is 7.76. The molecule has 0 aliphatic heterocycles. The molecule has 5 nitrogen and oxygen atoms in total. The van der Waals surface area contributed by atoms with Crippen LogP contribution in [0.5, 0.6) is 17.2 Å². The fourth-order valence-electron chi connectivity index (χ4n) is 1.97. The van der Waals surface area contributed by atoms with E-state index in [4.69, 9.17) is 14.2 Å². The molecular weight excluding hydrogens is 294 g/mol. The number of carbonyl (C=O) groups is 1. The number of ether oxygens (including phenoxy) is 3. The molecule has 118 valence electrons. The predicted octanol–water partition coefficient (Wildman–Crippen LogP) is 2.70. The first-order valence-corrected chi connectivity index (χ1v) is 6.86. The van der Waals surface area contributed by atoms with Crippen molar-refractivity contribution in [2.24, 2.45) is 0 Å². The van der Waals surface area contributed by atoms with Crippen LogP contribution < -0.4 is 19.5 Å². The third-order valence-corrected chi connectivity index (χ3v) is 3.02. The normalized spacial score (nSPS) is 9.35. The van der Waals surface area contributed by atoms with Gasteiger partial charge in [0, 0.05) is 29.3 Å². The minimum Gasteiger partial charge on any atom is -0.493 e. The molecule has 0 heterocycles. The average Bonchev–Trinajstić information content (AvgIpc) is 2.59. The first kappa shape index (κ1) is 16.2. The van der Waals surface area contributed by atoms with Crippen molar-refractivity contribution in [3.8, 4) is 29.1 Å². The van der Waals surface area contributed by atoms with Crippen molar-refractivity contribution in [3.05, 3.63) is 48.0 Å². The van der Waals surface area contributed by atoms with Gasteiger partial charge in [0.2, 0.25) is 5.75 Å². The molecule has 2 aromatic carbocycles. The Balaban J connectivity index is 2.20. The highest BCUT2D eigenvalue weighted by molar-refractivity contribution is 6.04. The molecule has 1 N–H and O–H groups in total. The molecule has 0 unspecified atom stereocenters. The van der Waals surface area contributed by atoms with E-state index < -0.39 is 5.91 Å². The molecule has 2 aromatic rings. The number of rotatable bonds is 4. The van der Waals surface area contributed by atoms with Crippen molar-refractivity contribution in [3.63, 3.8) is 0 Å². The lowest BCUT2D eigenvalue weighted by Crippen LogP contribution is -2.09. The molecule has 0 aliphatic carbocycles. The molecule has 5 heteroatoms. The van der Waals surface area contributed by atoms with Gasteiger partial charge >= 0.3 is 5.91 Å². The molecule has 0 fully saturated rings. The molecule has 2 rings (SSSR count). The van der Waals surface area contributed by atoms with E-state index in [1.165, 1.54) is 21.3 Å². The van der Waals surface area contributed by atoms with Gasteiger partial charge < -0.3 is 19.5 Å². The Kier molecular flexibility index (Phi) is 5.48. The van der Waals surface area contributed by atoms with Gasteiger partial charge in [0.15, 0.2) is 11.5 Å². The van der Waals surface area contributed by atoms with Crippen LogP contribution in [0.1, 0.15) is 5.56 Å². The Hall–Kier alpha value is -3.13. The van der Waals surface area contributed by atoms with Crippen molar-refractivity contribution in [1.29, 1.82) is 0 Å². The number of carbonyl (C=O) groups excluding carboxylic acids is 1. The summed E-state index contributed by atoms with van der Waals surface area (Å²) in [5, 5.41) is 2.68. The summed E-state index contributed by atoms with van der Waals surface area (Å²) in [6.45, 7) is 0. The maximum absolute atomic E-state index is 11.9. The molecule has 0 aliphatic rings. The van der Waals surface area contributed by atoms with Gasteiger partial charge in [-0.25, -0.2) is 0 Å². The summed E-state index contributed by atoms with van der Waals surface area (Å²) in [5.41, 5.74) is 1.28. The third kappa shape index (κ3) is 4.17. The zero-order valence-corrected chi connectivity index (χ0v) is 13.2. The van der Waals surface area contributed by atoms with E-state index in [9.17, 15) is 4.79 Å². The van der Waals surface area contributed by atoms with Gasteiger partial charge in [0.05, 0.1) is 21.3 Å². The molecule has 0 atom stereocenters. The van der Waals surface area contributed by atoms with Gasteiger partial charge in [-0.1, -0.05) is 24.1 Å². The van der Waals surface area contributed by atoms with Gasteiger partial charge in [-0.3, -0.25) is 4.79 Å². The Morgan fingerprint density at radius 3 is 2.09 bits per heavy atom. The van der Waals surface area contributed by atoms with Gasteiger partial charge in [-0.15, -0.1) is 0 Å². The largest absolute Gasteiger partial charge is 0.493 e. The fourth-order valence-corrected chi connectivity index (χ4v) is 1.97. The van der Waals surface area contributed by atoms with Crippen LogP contribution in [-0.2, 0) is 4.79 Å². The van der Waals surface area contributed by atoms with E-state index in [0.717, 1.165) is 5.56 Å². The van der Waals surface area contributed by atoms with Gasteiger partial charge in [0.25, 0.3) is 0 Å². The maximum atomic E-state index is 11.9. The topological polar surface area (TPSA) is 56.8 Å². The minimum absolute atomic E-state index is 0.428. The molecule has 0 bridgehead atoms. The van der Waals surface area contributed by atoms with Crippen molar-refractivity contribution in [2.45, 2.75) is 0 Å². The van der Waals surface area contributed by atoms with Gasteiger partial charge in [-0.2, -0.15) is 0 Å². The van der Waals surface area contributed by atoms with E-state index in [-0.39, 0.29) is 0 Å². The summed E-state index contributed by atoms with van der Waals surface area (Å²) in [6, 6.07) is 12.6. The Labute approximate surface area is 135 Å². The van der Waals surface area contributed by atoms with Crippen LogP contribution in [0.4, 0.5) is 5.69 Å². The highest BCUT2D eigenvalue weighted by Gasteiger charge is 2.13. The van der Waals surface area contributed by atoms with Crippen LogP contribution >= 0.6 is 0 Å². The lowest BCUT2D eigenvalue weighted by molar-refractivity contribution is -0.111. The number of anilines is 1. The van der Waals surface area contributed by atoms with E-state index >= 15 is 0 Å². The summed E-state index contributed by atoms with van der Waals surface area (Å²) in [5.74, 6) is 6.28. The number of hydrogen-bond donors (Lipinski definition) is 1. The number of methoxy groups -OCH3 is 3. The Bertz CT molecular complexity index is 720. The summed E-state index contributed by atoms with van der Waals surface area (Å²) < 4.78 is 15.7. The lowest BCUT2D eigenvalue weighted by atomic mass is 10.2. The smallest absolute Gasteiger partial charge is 0.300 e. The molecule has 1 amide bonds. The quantitative estimate of drug-likeness (QED) is 0.882. The molecule has 23 heavy (non-hydrogen) atoms. The molecular formula is C18H17NO4. The Morgan fingerprint density at radius 1 is 0.957 bits per heavy atom. The Morgan fingerprint density at radius 2 is 1.57 bits per heavy atom. The van der Waals surface area contributed by atoms with Crippen molar-refractivity contribution in [1.82, 2.24) is 0 Å². The lowest BCUT2D eigenvalue weighted by Gasteiger charge is -2.13. The van der Waals surface area contributed by atoms with Crippen LogP contribution in [0.3, 0.4) is 0 Å². The van der Waals surface area contributed by atoms with Crippen molar-refractivity contribution in [2.75, 3.05) is 26.6 Å². The zero-order valence-electron chi connectivity index (χ0n) is 13.2. The average molecular weight is 311 g/mol. The molecule has 0 radical (unpaired) electrons. The van der Waals surface area contributed by atoms with E-state index in [1.807, 2.05) is 30.3 Å². The zero-order chi connectivity index (χ0) is 16.7. The summed E-state index contributed by atoms with van der Waals surface area (Å²) in [7, 11) is 4.54.